The number of ketones is 1. The molecule has 5 N–H and O–H groups in total. The molecule has 1 aromatic heterocycles. The molecule has 2 heterocycles. The molecule has 1 fully saturated rings. The summed E-state index contributed by atoms with van der Waals surface area (Å²) in [5.74, 6) is -2.83. The van der Waals surface area contributed by atoms with Gasteiger partial charge in [-0.15, -0.1) is 0 Å². The van der Waals surface area contributed by atoms with Gasteiger partial charge in [0.05, 0.1) is 0 Å². The van der Waals surface area contributed by atoms with Crippen molar-refractivity contribution >= 4 is 40.3 Å². The lowest BCUT2D eigenvalue weighted by atomic mass is 9.96. The van der Waals surface area contributed by atoms with Crippen LogP contribution >= 0.6 is 0 Å². The van der Waals surface area contributed by atoms with E-state index < -0.39 is 35.6 Å². The van der Waals surface area contributed by atoms with Gasteiger partial charge >= 0.3 is 0 Å². The quantitative estimate of drug-likeness (QED) is 0.213. The first-order valence-corrected chi connectivity index (χ1v) is 14.4. The Kier molecular flexibility index (Phi) is 9.11. The Bertz CT molecular complexity index is 1470. The number of Topliss-reactive ketones (excluding diaryl/α,β-unsaturated/α-hetero) is 1. The predicted octanol–water partition coefficient (Wildman–Crippen LogP) is 2.66. The number of hydrogen-bond acceptors (Lipinski definition) is 5. The van der Waals surface area contributed by atoms with Crippen LogP contribution in [0.3, 0.4) is 0 Å². The molecule has 2 aromatic carbocycles. The number of benzene rings is 2. The highest BCUT2D eigenvalue weighted by Crippen LogP contribution is 2.29. The van der Waals surface area contributed by atoms with E-state index >= 15 is 0 Å². The molecule has 5 rings (SSSR count). The van der Waals surface area contributed by atoms with Crippen molar-refractivity contribution in [2.75, 3.05) is 6.54 Å². The van der Waals surface area contributed by atoms with Gasteiger partial charge in [0.15, 0.2) is 0 Å². The van der Waals surface area contributed by atoms with Gasteiger partial charge in [0, 0.05) is 36.0 Å². The number of aromatic nitrogens is 1. The molecule has 218 valence electrons. The summed E-state index contributed by atoms with van der Waals surface area (Å²) in [6.45, 7) is 0.453. The van der Waals surface area contributed by atoms with Crippen LogP contribution in [0.2, 0.25) is 0 Å². The molecule has 0 spiro atoms. The van der Waals surface area contributed by atoms with Gasteiger partial charge in [0.2, 0.25) is 17.6 Å². The maximum Gasteiger partial charge on any atom is 0.289 e. The molecule has 0 bridgehead atoms. The number of fused-ring (bicyclic) bond motifs is 1. The minimum Gasteiger partial charge on any atom is -0.351 e. The summed E-state index contributed by atoms with van der Waals surface area (Å²) in [5, 5.41) is 11.7. The fourth-order valence-corrected chi connectivity index (χ4v) is 5.62. The Balaban J connectivity index is 1.32. The Morgan fingerprint density at radius 1 is 0.905 bits per heavy atom. The van der Waals surface area contributed by atoms with Crippen LogP contribution in [0.5, 0.6) is 0 Å². The van der Waals surface area contributed by atoms with Gasteiger partial charge in [0.1, 0.15) is 17.8 Å². The Labute approximate surface area is 243 Å². The average molecular weight is 570 g/mol. The number of rotatable bonds is 12. The number of H-pyrrole nitrogens is 1. The largest absolute Gasteiger partial charge is 0.351 e. The third-order valence-electron chi connectivity index (χ3n) is 7.92. The van der Waals surface area contributed by atoms with E-state index in [-0.39, 0.29) is 24.8 Å². The van der Waals surface area contributed by atoms with E-state index in [4.69, 9.17) is 0 Å². The molecule has 1 saturated carbocycles. The molecular weight excluding hydrogens is 534 g/mol. The van der Waals surface area contributed by atoms with Gasteiger partial charge in [-0.2, -0.15) is 0 Å². The Morgan fingerprint density at radius 3 is 2.36 bits per heavy atom. The van der Waals surface area contributed by atoms with Crippen molar-refractivity contribution in [2.45, 2.75) is 57.2 Å². The molecule has 1 aliphatic heterocycles. The number of amides is 4. The molecule has 2 aliphatic rings. The number of aromatic amines is 1. The molecular formula is C32H35N5O5. The summed E-state index contributed by atoms with van der Waals surface area (Å²) in [6, 6.07) is 16.2. The van der Waals surface area contributed by atoms with E-state index in [1.54, 1.807) is 12.1 Å². The first-order chi connectivity index (χ1) is 20.4. The highest BCUT2D eigenvalue weighted by molar-refractivity contribution is 6.38. The summed E-state index contributed by atoms with van der Waals surface area (Å²) in [5.41, 5.74) is 2.25. The third kappa shape index (κ3) is 7.12. The molecule has 1 aliphatic carbocycles. The Hall–Kier alpha value is -4.73. The van der Waals surface area contributed by atoms with E-state index in [0.717, 1.165) is 42.1 Å². The van der Waals surface area contributed by atoms with Gasteiger partial charge in [-0.05, 0) is 30.0 Å². The highest BCUT2D eigenvalue weighted by atomic mass is 16.2. The molecule has 0 radical (unpaired) electrons. The molecule has 0 saturated heterocycles. The van der Waals surface area contributed by atoms with Crippen LogP contribution in [0.15, 0.2) is 72.3 Å². The van der Waals surface area contributed by atoms with Crippen LogP contribution in [0.25, 0.3) is 10.9 Å². The summed E-state index contributed by atoms with van der Waals surface area (Å²) in [4.78, 5) is 68.5. The number of nitrogens with one attached hydrogen (secondary N) is 5. The van der Waals surface area contributed by atoms with E-state index in [2.05, 4.69) is 26.3 Å². The maximum absolute atomic E-state index is 13.7. The minimum atomic E-state index is -1.28. The smallest absolute Gasteiger partial charge is 0.289 e. The van der Waals surface area contributed by atoms with E-state index in [9.17, 15) is 24.0 Å². The number of hydrogen-bond donors (Lipinski definition) is 5. The SMILES string of the molecule is O=C(NCc1ccccc1)C(=O)[C@H](CC1=CCNC1=O)NC(=O)[C@H](CC1CCCC1)NC(=O)c1cc2ccccc2[nH]1. The lowest BCUT2D eigenvalue weighted by Gasteiger charge is -2.24. The molecule has 10 heteroatoms. The predicted molar refractivity (Wildman–Crippen MR) is 157 cm³/mol. The molecule has 4 amide bonds. The molecule has 2 atom stereocenters. The van der Waals surface area contributed by atoms with Gasteiger partial charge in [-0.3, -0.25) is 24.0 Å². The zero-order valence-electron chi connectivity index (χ0n) is 23.3. The second kappa shape index (κ2) is 13.3. The summed E-state index contributed by atoms with van der Waals surface area (Å²) in [6.07, 6.45) is 5.92. The van der Waals surface area contributed by atoms with Crippen molar-refractivity contribution < 1.29 is 24.0 Å². The number of para-hydroxylation sites is 1. The third-order valence-corrected chi connectivity index (χ3v) is 7.92. The van der Waals surface area contributed by atoms with Crippen LogP contribution in [-0.4, -0.2) is 53.0 Å². The molecule has 42 heavy (non-hydrogen) atoms. The second-order valence-corrected chi connectivity index (χ2v) is 10.9. The summed E-state index contributed by atoms with van der Waals surface area (Å²) >= 11 is 0. The van der Waals surface area contributed by atoms with Gasteiger partial charge in [-0.25, -0.2) is 0 Å². The molecule has 10 nitrogen and oxygen atoms in total. The van der Waals surface area contributed by atoms with Crippen LogP contribution in [-0.2, 0) is 25.7 Å². The van der Waals surface area contributed by atoms with E-state index in [1.165, 1.54) is 0 Å². The van der Waals surface area contributed by atoms with Crippen molar-refractivity contribution in [1.82, 2.24) is 26.3 Å². The van der Waals surface area contributed by atoms with Crippen molar-refractivity contribution in [3.05, 3.63) is 83.6 Å². The Morgan fingerprint density at radius 2 is 1.64 bits per heavy atom. The zero-order chi connectivity index (χ0) is 29.5. The summed E-state index contributed by atoms with van der Waals surface area (Å²) in [7, 11) is 0. The molecule has 3 aromatic rings. The summed E-state index contributed by atoms with van der Waals surface area (Å²) < 4.78 is 0. The van der Waals surface area contributed by atoms with Gasteiger partial charge < -0.3 is 26.3 Å². The van der Waals surface area contributed by atoms with E-state index in [1.807, 2.05) is 54.6 Å². The monoisotopic (exact) mass is 569 g/mol. The van der Waals surface area contributed by atoms with Crippen molar-refractivity contribution in [3.63, 3.8) is 0 Å². The second-order valence-electron chi connectivity index (χ2n) is 10.9. The topological polar surface area (TPSA) is 149 Å². The zero-order valence-corrected chi connectivity index (χ0v) is 23.3. The lowest BCUT2D eigenvalue weighted by molar-refractivity contribution is -0.140. The molecule has 0 unspecified atom stereocenters. The maximum atomic E-state index is 13.7. The average Bonchev–Trinajstić information content (AvgIpc) is 3.77. The van der Waals surface area contributed by atoms with Crippen LogP contribution in [0.4, 0.5) is 0 Å². The first kappa shape index (κ1) is 28.8. The standard InChI is InChI=1S/C32H35N5O5/c38-28(32(42)34-19-21-10-2-1-3-11-21)25(18-23-14-15-33-29(23)39)36-30(40)26(16-20-8-4-5-9-20)37-31(41)27-17-22-12-6-7-13-24(22)35-27/h1-3,6-7,10-14,17,20,25-26,35H,4-5,8-9,15-16,18-19H2,(H,33,39)(H,34,42)(H,36,40)(H,37,41)/t25-,26-/m0/s1. The first-order valence-electron chi connectivity index (χ1n) is 14.4. The van der Waals surface area contributed by atoms with Crippen molar-refractivity contribution in [3.8, 4) is 0 Å². The highest BCUT2D eigenvalue weighted by Gasteiger charge is 2.34. The fourth-order valence-electron chi connectivity index (χ4n) is 5.62. The van der Waals surface area contributed by atoms with Crippen LogP contribution in [0, 0.1) is 5.92 Å². The van der Waals surface area contributed by atoms with E-state index in [0.29, 0.717) is 24.2 Å². The van der Waals surface area contributed by atoms with Gasteiger partial charge in [0.25, 0.3) is 11.8 Å². The van der Waals surface area contributed by atoms with Crippen LogP contribution < -0.4 is 21.3 Å². The van der Waals surface area contributed by atoms with Crippen LogP contribution in [0.1, 0.15) is 54.6 Å². The fraction of sp³-hybridized carbons (Fsp3) is 0.344. The van der Waals surface area contributed by atoms with Crippen molar-refractivity contribution in [2.24, 2.45) is 5.92 Å². The van der Waals surface area contributed by atoms with Gasteiger partial charge in [-0.1, -0.05) is 80.3 Å². The number of carbonyl (C=O) groups excluding carboxylic acids is 5. The number of carbonyl (C=O) groups is 5. The lowest BCUT2D eigenvalue weighted by Crippen LogP contribution is -2.54. The van der Waals surface area contributed by atoms with Crippen molar-refractivity contribution in [1.29, 1.82) is 0 Å². The minimum absolute atomic E-state index is 0.138. The normalized spacial score (nSPS) is 16.4.